The van der Waals surface area contributed by atoms with E-state index in [0.717, 1.165) is 5.56 Å². The lowest BCUT2D eigenvalue weighted by molar-refractivity contribution is 0.276. The van der Waals surface area contributed by atoms with Gasteiger partial charge in [0.25, 0.3) is 0 Å². The van der Waals surface area contributed by atoms with Crippen LogP contribution in [0.1, 0.15) is 11.3 Å². The highest BCUT2D eigenvalue weighted by Gasteiger charge is 2.01. The van der Waals surface area contributed by atoms with Gasteiger partial charge in [0.2, 0.25) is 0 Å². The lowest BCUT2D eigenvalue weighted by Crippen LogP contribution is -2.01. The first-order valence-electron chi connectivity index (χ1n) is 4.23. The Bertz CT molecular complexity index is 438. The van der Waals surface area contributed by atoms with E-state index in [1.165, 1.54) is 6.20 Å². The molecule has 0 spiro atoms. The van der Waals surface area contributed by atoms with E-state index in [2.05, 4.69) is 15.1 Å². The molecule has 0 aliphatic heterocycles. The second-order valence-corrected chi connectivity index (χ2v) is 2.99. The third kappa shape index (κ3) is 1.62. The topological polar surface area (TPSA) is 63.8 Å². The summed E-state index contributed by atoms with van der Waals surface area (Å²) in [6.45, 7) is 1.84. The molecule has 0 aromatic carbocycles. The molecule has 0 radical (unpaired) electrons. The molecule has 0 saturated heterocycles. The number of hydrogen-bond acceptors (Lipinski definition) is 4. The van der Waals surface area contributed by atoms with Gasteiger partial charge in [0.05, 0.1) is 30.9 Å². The third-order valence-corrected chi connectivity index (χ3v) is 1.78. The van der Waals surface area contributed by atoms with Gasteiger partial charge in [0.1, 0.15) is 0 Å². The van der Waals surface area contributed by atoms with Crippen molar-refractivity contribution in [2.75, 3.05) is 0 Å². The van der Waals surface area contributed by atoms with E-state index in [1.807, 2.05) is 13.1 Å². The fourth-order valence-electron chi connectivity index (χ4n) is 1.12. The molecular weight excluding hydrogens is 180 g/mol. The SMILES string of the molecule is Cc1cnn(-c2cncc(CO)n2)c1. The molecule has 2 aromatic heterocycles. The molecule has 0 aliphatic rings. The van der Waals surface area contributed by atoms with Crippen molar-refractivity contribution in [2.45, 2.75) is 13.5 Å². The second kappa shape index (κ2) is 3.55. The van der Waals surface area contributed by atoms with Crippen LogP contribution in [0, 0.1) is 6.92 Å². The van der Waals surface area contributed by atoms with Crippen molar-refractivity contribution in [3.8, 4) is 5.82 Å². The van der Waals surface area contributed by atoms with E-state index < -0.39 is 0 Å². The fraction of sp³-hybridized carbons (Fsp3) is 0.222. The molecule has 2 rings (SSSR count). The molecule has 1 N–H and O–H groups in total. The number of nitrogens with zero attached hydrogens (tertiary/aromatic N) is 4. The molecule has 0 fully saturated rings. The highest BCUT2D eigenvalue weighted by Crippen LogP contribution is 2.04. The Kier molecular flexibility index (Phi) is 2.24. The first kappa shape index (κ1) is 8.83. The van der Waals surface area contributed by atoms with Gasteiger partial charge < -0.3 is 5.11 Å². The second-order valence-electron chi connectivity index (χ2n) is 2.99. The van der Waals surface area contributed by atoms with Gasteiger partial charge in [-0.2, -0.15) is 5.10 Å². The maximum absolute atomic E-state index is 8.88. The van der Waals surface area contributed by atoms with Crippen molar-refractivity contribution < 1.29 is 5.11 Å². The molecule has 14 heavy (non-hydrogen) atoms. The molecule has 72 valence electrons. The van der Waals surface area contributed by atoms with E-state index in [4.69, 9.17) is 5.11 Å². The van der Waals surface area contributed by atoms with Crippen molar-refractivity contribution in [1.82, 2.24) is 19.7 Å². The monoisotopic (exact) mass is 190 g/mol. The van der Waals surface area contributed by atoms with Crippen LogP contribution in [0.4, 0.5) is 0 Å². The normalized spacial score (nSPS) is 10.4. The average Bonchev–Trinajstić information content (AvgIpc) is 2.65. The van der Waals surface area contributed by atoms with Crippen LogP contribution >= 0.6 is 0 Å². The lowest BCUT2D eigenvalue weighted by atomic mass is 10.4. The van der Waals surface area contributed by atoms with E-state index >= 15 is 0 Å². The molecule has 2 heterocycles. The van der Waals surface area contributed by atoms with Crippen LogP contribution in [0.3, 0.4) is 0 Å². The molecule has 2 aromatic rings. The molecule has 0 atom stereocenters. The van der Waals surface area contributed by atoms with Gasteiger partial charge in [0.15, 0.2) is 5.82 Å². The Labute approximate surface area is 81.1 Å². The molecule has 5 nitrogen and oxygen atoms in total. The number of aryl methyl sites for hydroxylation is 1. The standard InChI is InChI=1S/C9H10N4O/c1-7-2-11-13(5-7)9-4-10-3-8(6-14)12-9/h2-5,14H,6H2,1H3. The Hall–Kier alpha value is -1.75. The van der Waals surface area contributed by atoms with Gasteiger partial charge in [-0.05, 0) is 12.5 Å². The van der Waals surface area contributed by atoms with Crippen LogP contribution < -0.4 is 0 Å². The summed E-state index contributed by atoms with van der Waals surface area (Å²) < 4.78 is 1.63. The van der Waals surface area contributed by atoms with E-state index in [1.54, 1.807) is 17.1 Å². The minimum absolute atomic E-state index is 0.110. The van der Waals surface area contributed by atoms with E-state index in [0.29, 0.717) is 11.5 Å². The largest absolute Gasteiger partial charge is 0.390 e. The summed E-state index contributed by atoms with van der Waals surface area (Å²) in [6, 6.07) is 0. The highest BCUT2D eigenvalue weighted by atomic mass is 16.3. The third-order valence-electron chi connectivity index (χ3n) is 1.78. The summed E-state index contributed by atoms with van der Waals surface area (Å²) in [4.78, 5) is 8.12. The van der Waals surface area contributed by atoms with Crippen LogP contribution in [0.25, 0.3) is 5.82 Å². The van der Waals surface area contributed by atoms with E-state index in [9.17, 15) is 0 Å². The Balaban J connectivity index is 2.41. The summed E-state index contributed by atoms with van der Waals surface area (Å²) >= 11 is 0. The number of aliphatic hydroxyl groups is 1. The summed E-state index contributed by atoms with van der Waals surface area (Å²) in [7, 11) is 0. The maximum Gasteiger partial charge on any atom is 0.172 e. The fourth-order valence-corrected chi connectivity index (χ4v) is 1.12. The minimum atomic E-state index is -0.110. The number of hydrogen-bond donors (Lipinski definition) is 1. The Morgan fingerprint density at radius 3 is 2.86 bits per heavy atom. The van der Waals surface area contributed by atoms with Gasteiger partial charge in [-0.3, -0.25) is 4.98 Å². The number of aromatic nitrogens is 4. The quantitative estimate of drug-likeness (QED) is 0.747. The predicted octanol–water partition coefficient (Wildman–Crippen LogP) is 0.463. The zero-order chi connectivity index (χ0) is 9.97. The van der Waals surface area contributed by atoms with Crippen LogP contribution in [0.2, 0.25) is 0 Å². The number of rotatable bonds is 2. The van der Waals surface area contributed by atoms with Crippen molar-refractivity contribution >= 4 is 0 Å². The zero-order valence-electron chi connectivity index (χ0n) is 7.75. The zero-order valence-corrected chi connectivity index (χ0v) is 7.75. The maximum atomic E-state index is 8.88. The molecule has 0 bridgehead atoms. The molecule has 0 saturated carbocycles. The molecular formula is C9H10N4O. The first-order valence-corrected chi connectivity index (χ1v) is 4.23. The van der Waals surface area contributed by atoms with Crippen molar-refractivity contribution in [3.05, 3.63) is 36.0 Å². The van der Waals surface area contributed by atoms with Crippen LogP contribution in [-0.2, 0) is 6.61 Å². The van der Waals surface area contributed by atoms with Crippen molar-refractivity contribution in [1.29, 1.82) is 0 Å². The molecule has 0 unspecified atom stereocenters. The summed E-state index contributed by atoms with van der Waals surface area (Å²) in [5, 5.41) is 13.0. The average molecular weight is 190 g/mol. The Morgan fingerprint density at radius 1 is 1.36 bits per heavy atom. The van der Waals surface area contributed by atoms with Gasteiger partial charge in [-0.25, -0.2) is 9.67 Å². The van der Waals surface area contributed by atoms with Gasteiger partial charge in [-0.1, -0.05) is 0 Å². The van der Waals surface area contributed by atoms with Gasteiger partial charge in [0, 0.05) is 6.20 Å². The van der Waals surface area contributed by atoms with Crippen LogP contribution in [-0.4, -0.2) is 24.9 Å². The molecule has 0 amide bonds. The number of aliphatic hydroxyl groups excluding tert-OH is 1. The van der Waals surface area contributed by atoms with Crippen LogP contribution in [0.5, 0.6) is 0 Å². The van der Waals surface area contributed by atoms with Crippen molar-refractivity contribution in [2.24, 2.45) is 0 Å². The lowest BCUT2D eigenvalue weighted by Gasteiger charge is -2.00. The first-order chi connectivity index (χ1) is 6.79. The molecule has 5 heteroatoms. The Morgan fingerprint density at radius 2 is 2.21 bits per heavy atom. The van der Waals surface area contributed by atoms with Crippen molar-refractivity contribution in [3.63, 3.8) is 0 Å². The molecule has 0 aliphatic carbocycles. The highest BCUT2D eigenvalue weighted by molar-refractivity contribution is 5.19. The summed E-state index contributed by atoms with van der Waals surface area (Å²) in [5.41, 5.74) is 1.59. The minimum Gasteiger partial charge on any atom is -0.390 e. The van der Waals surface area contributed by atoms with E-state index in [-0.39, 0.29) is 6.61 Å². The smallest absolute Gasteiger partial charge is 0.172 e. The van der Waals surface area contributed by atoms with Crippen LogP contribution in [0.15, 0.2) is 24.8 Å². The van der Waals surface area contributed by atoms with Gasteiger partial charge in [-0.15, -0.1) is 0 Å². The predicted molar refractivity (Wildman–Crippen MR) is 49.8 cm³/mol. The summed E-state index contributed by atoms with van der Waals surface area (Å²) in [5.74, 6) is 0.615. The van der Waals surface area contributed by atoms with Gasteiger partial charge >= 0.3 is 0 Å². The summed E-state index contributed by atoms with van der Waals surface area (Å²) in [6.07, 6.45) is 6.73.